The van der Waals surface area contributed by atoms with Gasteiger partial charge >= 0.3 is 0 Å². The number of nitro groups is 1. The molecule has 0 saturated carbocycles. The molecular formula is C12H14ClN3O3. The molecule has 0 N–H and O–H groups in total. The van der Waals surface area contributed by atoms with E-state index in [2.05, 4.69) is 4.98 Å². The fraction of sp³-hybridized carbons (Fsp3) is 0.500. The normalized spacial score (nSPS) is 15.9. The summed E-state index contributed by atoms with van der Waals surface area (Å²) >= 11 is 5.73. The molecule has 0 unspecified atom stereocenters. The largest absolute Gasteiger partial charge is 0.338 e. The van der Waals surface area contributed by atoms with Gasteiger partial charge in [0.25, 0.3) is 11.6 Å². The van der Waals surface area contributed by atoms with E-state index in [9.17, 15) is 14.9 Å². The first-order chi connectivity index (χ1) is 9.09. The average Bonchev–Trinajstić information content (AvgIpc) is 2.66. The summed E-state index contributed by atoms with van der Waals surface area (Å²) in [5.74, 6) is -0.335. The van der Waals surface area contributed by atoms with Gasteiger partial charge in [0.15, 0.2) is 0 Å². The molecule has 6 nitrogen and oxygen atoms in total. The van der Waals surface area contributed by atoms with E-state index in [1.807, 2.05) is 0 Å². The predicted octanol–water partition coefficient (Wildman–Crippen LogP) is 2.66. The minimum atomic E-state index is -0.603. The maximum Gasteiger partial charge on any atom is 0.300 e. The summed E-state index contributed by atoms with van der Waals surface area (Å²) in [4.78, 5) is 28.0. The molecule has 2 rings (SSSR count). The molecule has 0 bridgehead atoms. The molecular weight excluding hydrogens is 270 g/mol. The Morgan fingerprint density at radius 3 is 2.53 bits per heavy atom. The van der Waals surface area contributed by atoms with Crippen LogP contribution in [0.1, 0.15) is 36.0 Å². The van der Waals surface area contributed by atoms with Gasteiger partial charge in [-0.1, -0.05) is 24.4 Å². The molecule has 0 aliphatic carbocycles. The van der Waals surface area contributed by atoms with Crippen molar-refractivity contribution >= 4 is 23.2 Å². The van der Waals surface area contributed by atoms with Gasteiger partial charge < -0.3 is 4.90 Å². The maximum atomic E-state index is 12.4. The van der Waals surface area contributed by atoms with E-state index in [-0.39, 0.29) is 22.3 Å². The molecule has 1 aliphatic heterocycles. The maximum absolute atomic E-state index is 12.4. The number of hydrogen-bond donors (Lipinski definition) is 0. The van der Waals surface area contributed by atoms with Crippen molar-refractivity contribution in [1.29, 1.82) is 0 Å². The molecule has 1 aromatic heterocycles. The van der Waals surface area contributed by atoms with E-state index >= 15 is 0 Å². The summed E-state index contributed by atoms with van der Waals surface area (Å²) < 4.78 is 0. The van der Waals surface area contributed by atoms with E-state index in [1.54, 1.807) is 4.90 Å². The van der Waals surface area contributed by atoms with Crippen molar-refractivity contribution in [1.82, 2.24) is 9.88 Å². The van der Waals surface area contributed by atoms with E-state index < -0.39 is 4.92 Å². The Bertz CT molecular complexity index is 499. The second kappa shape index (κ2) is 5.97. The molecule has 19 heavy (non-hydrogen) atoms. The number of pyridine rings is 1. The topological polar surface area (TPSA) is 76.3 Å². The van der Waals surface area contributed by atoms with E-state index in [4.69, 9.17) is 11.6 Å². The van der Waals surface area contributed by atoms with Gasteiger partial charge in [0.1, 0.15) is 16.9 Å². The fourth-order valence-corrected chi connectivity index (χ4v) is 2.34. The lowest BCUT2D eigenvalue weighted by molar-refractivity contribution is -0.385. The molecule has 1 fully saturated rings. The van der Waals surface area contributed by atoms with Crippen LogP contribution in [0.2, 0.25) is 5.15 Å². The van der Waals surface area contributed by atoms with Crippen LogP contribution < -0.4 is 0 Å². The molecule has 0 atom stereocenters. The summed E-state index contributed by atoms with van der Waals surface area (Å²) in [7, 11) is 0. The summed E-state index contributed by atoms with van der Waals surface area (Å²) in [6, 6.07) is 1.27. The van der Waals surface area contributed by atoms with Gasteiger partial charge in [0.05, 0.1) is 4.92 Å². The first-order valence-electron chi connectivity index (χ1n) is 6.19. The lowest BCUT2D eigenvalue weighted by atomic mass is 10.2. The molecule has 2 heterocycles. The van der Waals surface area contributed by atoms with Gasteiger partial charge in [-0.15, -0.1) is 0 Å². The average molecular weight is 284 g/mol. The van der Waals surface area contributed by atoms with Gasteiger partial charge in [0, 0.05) is 13.1 Å². The highest BCUT2D eigenvalue weighted by Crippen LogP contribution is 2.23. The molecule has 1 amide bonds. The highest BCUT2D eigenvalue weighted by molar-refractivity contribution is 6.29. The summed E-state index contributed by atoms with van der Waals surface area (Å²) in [5.41, 5.74) is -0.273. The van der Waals surface area contributed by atoms with Crippen LogP contribution in [0.15, 0.2) is 12.3 Å². The zero-order valence-electron chi connectivity index (χ0n) is 10.3. The number of nitrogens with zero attached hydrogens (tertiary/aromatic N) is 3. The highest BCUT2D eigenvalue weighted by Gasteiger charge is 2.26. The Kier molecular flexibility index (Phi) is 4.31. The number of likely N-dealkylation sites (tertiary alicyclic amines) is 1. The van der Waals surface area contributed by atoms with Crippen molar-refractivity contribution in [3.63, 3.8) is 0 Å². The molecule has 7 heteroatoms. The smallest absolute Gasteiger partial charge is 0.300 e. The molecule has 0 spiro atoms. The molecule has 1 saturated heterocycles. The van der Waals surface area contributed by atoms with Crippen LogP contribution in [-0.2, 0) is 0 Å². The third-order valence-electron chi connectivity index (χ3n) is 3.17. The van der Waals surface area contributed by atoms with Gasteiger partial charge in [0.2, 0.25) is 0 Å². The number of carbonyl (C=O) groups excluding carboxylic acids is 1. The first-order valence-corrected chi connectivity index (χ1v) is 6.56. The lowest BCUT2D eigenvalue weighted by Crippen LogP contribution is -2.32. The summed E-state index contributed by atoms with van der Waals surface area (Å²) in [6.45, 7) is 1.27. The third-order valence-corrected chi connectivity index (χ3v) is 3.38. The van der Waals surface area contributed by atoms with Crippen LogP contribution in [0.25, 0.3) is 0 Å². The highest BCUT2D eigenvalue weighted by atomic mass is 35.5. The second-order valence-corrected chi connectivity index (χ2v) is 4.87. The number of hydrogen-bond acceptors (Lipinski definition) is 4. The standard InChI is InChI=1S/C12H14ClN3O3/c13-11-7-9(10(8-14-11)16(18)19)12(17)15-5-3-1-2-4-6-15/h7-8H,1-6H2. The Labute approximate surface area is 115 Å². The Morgan fingerprint density at radius 1 is 1.32 bits per heavy atom. The molecule has 0 radical (unpaired) electrons. The van der Waals surface area contributed by atoms with E-state index in [0.29, 0.717) is 13.1 Å². The molecule has 102 valence electrons. The van der Waals surface area contributed by atoms with E-state index in [0.717, 1.165) is 31.9 Å². The van der Waals surface area contributed by atoms with Crippen molar-refractivity contribution in [3.8, 4) is 0 Å². The predicted molar refractivity (Wildman–Crippen MR) is 70.3 cm³/mol. The molecule has 1 aliphatic rings. The minimum absolute atomic E-state index is 0.0203. The first kappa shape index (κ1) is 13.7. The summed E-state index contributed by atoms with van der Waals surface area (Å²) in [6.07, 6.45) is 5.07. The van der Waals surface area contributed by atoms with Gasteiger partial charge in [-0.3, -0.25) is 14.9 Å². The van der Waals surface area contributed by atoms with Crippen LogP contribution in [0.4, 0.5) is 5.69 Å². The van der Waals surface area contributed by atoms with Crippen LogP contribution in [0.3, 0.4) is 0 Å². The third kappa shape index (κ3) is 3.20. The van der Waals surface area contributed by atoms with Crippen molar-refractivity contribution < 1.29 is 9.72 Å². The minimum Gasteiger partial charge on any atom is -0.338 e. The van der Waals surface area contributed by atoms with Crippen molar-refractivity contribution in [2.75, 3.05) is 13.1 Å². The number of rotatable bonds is 2. The quantitative estimate of drug-likeness (QED) is 0.475. The molecule has 1 aromatic rings. The van der Waals surface area contributed by atoms with E-state index in [1.165, 1.54) is 6.07 Å². The molecule has 0 aromatic carbocycles. The number of carbonyl (C=O) groups is 1. The zero-order valence-corrected chi connectivity index (χ0v) is 11.1. The number of halogens is 1. The van der Waals surface area contributed by atoms with Gasteiger partial charge in [-0.2, -0.15) is 0 Å². The van der Waals surface area contributed by atoms with Gasteiger partial charge in [-0.05, 0) is 18.9 Å². The Balaban J connectivity index is 2.31. The number of amides is 1. The Hall–Kier alpha value is -1.69. The monoisotopic (exact) mass is 283 g/mol. The van der Waals surface area contributed by atoms with Crippen LogP contribution in [0.5, 0.6) is 0 Å². The zero-order chi connectivity index (χ0) is 13.8. The fourth-order valence-electron chi connectivity index (χ4n) is 2.18. The van der Waals surface area contributed by atoms with Crippen molar-refractivity contribution in [3.05, 3.63) is 33.1 Å². The SMILES string of the molecule is O=C(c1cc(Cl)ncc1[N+](=O)[O-])N1CCCCCC1. The second-order valence-electron chi connectivity index (χ2n) is 4.49. The lowest BCUT2D eigenvalue weighted by Gasteiger charge is -2.20. The number of aromatic nitrogens is 1. The van der Waals surface area contributed by atoms with Gasteiger partial charge in [-0.25, -0.2) is 4.98 Å². The van der Waals surface area contributed by atoms with Crippen LogP contribution >= 0.6 is 11.6 Å². The summed E-state index contributed by atoms with van der Waals surface area (Å²) in [5, 5.41) is 11.0. The Morgan fingerprint density at radius 2 is 1.95 bits per heavy atom. The van der Waals surface area contributed by atoms with Crippen molar-refractivity contribution in [2.45, 2.75) is 25.7 Å². The van der Waals surface area contributed by atoms with Crippen LogP contribution in [-0.4, -0.2) is 33.8 Å². The van der Waals surface area contributed by atoms with Crippen LogP contribution in [0, 0.1) is 10.1 Å². The van der Waals surface area contributed by atoms with Crippen molar-refractivity contribution in [2.24, 2.45) is 0 Å².